The van der Waals surface area contributed by atoms with Crippen LogP contribution in [0.15, 0.2) is 109 Å². The molecule has 4 aliphatic rings. The van der Waals surface area contributed by atoms with Gasteiger partial charge in [-0.3, -0.25) is 9.97 Å². The molecule has 0 radical (unpaired) electrons. The number of hydrogen-bond acceptors (Lipinski definition) is 11. The zero-order chi connectivity index (χ0) is 57.6. The van der Waals surface area contributed by atoms with Crippen molar-refractivity contribution in [3.05, 3.63) is 190 Å². The van der Waals surface area contributed by atoms with Gasteiger partial charge in [-0.05, 0) is 83.5 Å². The average molecular weight is 1170 g/mol. The van der Waals surface area contributed by atoms with Crippen molar-refractivity contribution in [3.8, 4) is 39.8 Å². The van der Waals surface area contributed by atoms with Crippen LogP contribution < -0.4 is 14.7 Å². The largest absolute Gasteiger partial charge is 0.658 e. The van der Waals surface area contributed by atoms with Crippen LogP contribution >= 0.6 is 0 Å². The number of aromatic amines is 2. The van der Waals surface area contributed by atoms with Crippen molar-refractivity contribution < 1.29 is 52.8 Å². The van der Waals surface area contributed by atoms with Gasteiger partial charge in [-0.25, -0.2) is 24.4 Å². The summed E-state index contributed by atoms with van der Waals surface area (Å²) in [4.78, 5) is 78.0. The monoisotopic (exact) mass is 1170 g/mol. The van der Waals surface area contributed by atoms with Crippen molar-refractivity contribution in [1.29, 1.82) is 0 Å². The molecular formula is C68H61N8O7Zn-3. The zero-order valence-corrected chi connectivity index (χ0v) is 51.8. The fourth-order valence-corrected chi connectivity index (χ4v) is 10.7. The zero-order valence-electron chi connectivity index (χ0n) is 48.9. The first-order valence-electron chi connectivity index (χ1n) is 26.9. The molecule has 0 fully saturated rings. The van der Waals surface area contributed by atoms with Crippen molar-refractivity contribution in [2.75, 3.05) is 28.4 Å². The van der Waals surface area contributed by atoms with Gasteiger partial charge in [0, 0.05) is 76.9 Å². The minimum absolute atomic E-state index is 0. The molecule has 2 N–H and O–H groups in total. The van der Waals surface area contributed by atoms with E-state index in [0.717, 1.165) is 56.0 Å². The Kier molecular flexibility index (Phi) is 16.8. The molecule has 4 aliphatic heterocycles. The molecule has 0 amide bonds. The molecule has 10 heterocycles. The number of carbonyl (C=O) groups excluding carboxylic acids is 3. The molecule has 84 heavy (non-hydrogen) atoms. The van der Waals surface area contributed by atoms with Crippen LogP contribution in [0.2, 0.25) is 0 Å². The van der Waals surface area contributed by atoms with Gasteiger partial charge in [0.15, 0.2) is 5.75 Å². The number of carbonyl (C=O) groups is 3. The first-order chi connectivity index (χ1) is 39.6. The molecule has 420 valence electrons. The molecule has 0 aliphatic carbocycles. The van der Waals surface area contributed by atoms with Gasteiger partial charge in [-0.15, -0.1) is 22.1 Å². The summed E-state index contributed by atoms with van der Waals surface area (Å²) in [7, 11) is 5.55. The fourth-order valence-electron chi connectivity index (χ4n) is 10.7. The Labute approximate surface area is 499 Å². The van der Waals surface area contributed by atoms with Crippen LogP contribution in [0.4, 0.5) is 0 Å². The Morgan fingerprint density at radius 3 is 1.76 bits per heavy atom. The predicted octanol–water partition coefficient (Wildman–Crippen LogP) is 13.2. The van der Waals surface area contributed by atoms with Gasteiger partial charge in [0.05, 0.1) is 90.1 Å². The summed E-state index contributed by atoms with van der Waals surface area (Å²) < 4.78 is 22.2. The number of ether oxygens (including phenoxy) is 4. The second-order valence-corrected chi connectivity index (χ2v) is 21.2. The summed E-state index contributed by atoms with van der Waals surface area (Å²) in [5.41, 5.74) is 14.4. The van der Waals surface area contributed by atoms with E-state index in [1.807, 2.05) is 123 Å². The molecule has 0 unspecified atom stereocenters. The van der Waals surface area contributed by atoms with Gasteiger partial charge in [0.1, 0.15) is 5.56 Å². The number of methoxy groups -OCH3 is 4. The van der Waals surface area contributed by atoms with Crippen LogP contribution in [-0.4, -0.2) is 76.3 Å². The van der Waals surface area contributed by atoms with Crippen LogP contribution in [0.5, 0.6) is 5.75 Å². The van der Waals surface area contributed by atoms with Crippen LogP contribution in [-0.2, 0) is 57.4 Å². The molecule has 8 aromatic rings. The van der Waals surface area contributed by atoms with Crippen LogP contribution in [0.25, 0.3) is 90.7 Å². The topological polar surface area (TPSA) is 199 Å². The Bertz CT molecular complexity index is 4430. The third kappa shape index (κ3) is 11.3. The second-order valence-electron chi connectivity index (χ2n) is 21.2. The molecular weight excluding hydrogens is 1110 g/mol. The van der Waals surface area contributed by atoms with E-state index < -0.39 is 28.7 Å². The van der Waals surface area contributed by atoms with E-state index >= 15 is 0 Å². The van der Waals surface area contributed by atoms with E-state index in [4.69, 9.17) is 48.9 Å². The van der Waals surface area contributed by atoms with E-state index in [0.29, 0.717) is 96.8 Å². The van der Waals surface area contributed by atoms with Gasteiger partial charge in [0.2, 0.25) is 0 Å². The SMILES string of the molecule is CC.COC(=O)c1ccc(-c2c(C(=O)OC)c3cc4nc(cc5[nH]c(c(OC)c6nc(cc2[nH]3)C(C)(C)C6)c(C(=O)OC)c5C#Cc2ccc(-c3c5nc(cc6ccc(cc7nc(cc8ccc3[n-]8)C=C7)[n-]6)C=C5)cc2)C(C)(C)C4)cc1.[CH3-].[Zn]. The van der Waals surface area contributed by atoms with E-state index in [9.17, 15) is 14.4 Å². The quantitative estimate of drug-likeness (QED) is 0.0524. The number of rotatable bonds is 6. The van der Waals surface area contributed by atoms with E-state index in [1.54, 1.807) is 31.4 Å². The molecule has 6 aromatic heterocycles. The van der Waals surface area contributed by atoms with Crippen molar-refractivity contribution >= 4 is 86.3 Å². The Morgan fingerprint density at radius 2 is 1.11 bits per heavy atom. The minimum Gasteiger partial charge on any atom is -0.658 e. The molecule has 0 saturated heterocycles. The van der Waals surface area contributed by atoms with Crippen molar-refractivity contribution in [3.63, 3.8) is 0 Å². The van der Waals surface area contributed by atoms with Gasteiger partial charge < -0.3 is 46.3 Å². The second kappa shape index (κ2) is 23.8. The molecule has 0 saturated carbocycles. The van der Waals surface area contributed by atoms with E-state index in [-0.39, 0.29) is 32.5 Å². The normalized spacial score (nSPS) is 13.2. The van der Waals surface area contributed by atoms with Gasteiger partial charge in [-0.2, -0.15) is 0 Å². The molecule has 0 spiro atoms. The summed E-state index contributed by atoms with van der Waals surface area (Å²) >= 11 is 0. The third-order valence-electron chi connectivity index (χ3n) is 14.8. The summed E-state index contributed by atoms with van der Waals surface area (Å²) in [6.45, 7) is 12.3. The first-order valence-corrected chi connectivity index (χ1v) is 26.9. The smallest absolute Gasteiger partial charge is 0.341 e. The summed E-state index contributed by atoms with van der Waals surface area (Å²) in [6, 6.07) is 34.2. The number of H-pyrrole nitrogens is 2. The van der Waals surface area contributed by atoms with E-state index in [2.05, 4.69) is 49.5 Å². The molecule has 12 rings (SSSR count). The van der Waals surface area contributed by atoms with Crippen LogP contribution in [0, 0.1) is 19.3 Å². The van der Waals surface area contributed by atoms with E-state index in [1.165, 1.54) is 21.3 Å². The predicted molar refractivity (Wildman–Crippen MR) is 326 cm³/mol. The number of esters is 3. The molecule has 0 atom stereocenters. The maximum absolute atomic E-state index is 14.3. The van der Waals surface area contributed by atoms with Crippen molar-refractivity contribution in [2.45, 2.75) is 65.2 Å². The standard InChI is InChI=1S/C65H54N8O7.C2H6.CH3.Zn/c1-64(2)33-45-30-50-58(63(76)80-8)56(37-14-16-38(17-15-37)61(74)78-6)51(71-50)32-54-65(3,4)34-52(72-54)60(77-5)59-57(62(75)79-7)46(49(73-59)31-53(64)70-45)24-11-35-9-12-36(13-10-35)55-47-25-22-43(68-47)28-41-20-18-39(66-41)27-40-19-21-42(67-40)29-44-23-26-48(55)69-44;1-2;;/h9-10,12-23,25-32H,33-34H2,1-8H3,(H4,66,67,68,69,70,71,72,73,74,75,76);1-2H3;1H3;/q;;-1;/p-2. The maximum atomic E-state index is 14.3. The third-order valence-corrected chi connectivity index (χ3v) is 14.8. The maximum Gasteiger partial charge on any atom is 0.341 e. The van der Waals surface area contributed by atoms with Crippen molar-refractivity contribution in [2.24, 2.45) is 0 Å². The summed E-state index contributed by atoms with van der Waals surface area (Å²) in [5, 5.41) is 0. The average Bonchev–Trinajstić information content (AvgIpc) is 2.44. The summed E-state index contributed by atoms with van der Waals surface area (Å²) in [6.07, 6.45) is 8.81. The number of nitrogens with one attached hydrogen (secondary N) is 2. The molecule has 16 bridgehead atoms. The Balaban J connectivity index is 0.00000209. The molecule has 15 nitrogen and oxygen atoms in total. The van der Waals surface area contributed by atoms with Crippen molar-refractivity contribution in [1.82, 2.24) is 39.9 Å². The first kappa shape index (κ1) is 59.2. The molecule has 16 heteroatoms. The Morgan fingerprint density at radius 1 is 0.548 bits per heavy atom. The number of hydrogen-bond donors (Lipinski definition) is 2. The number of benzene rings is 2. The van der Waals surface area contributed by atoms with Gasteiger partial charge in [0.25, 0.3) is 0 Å². The van der Waals surface area contributed by atoms with Gasteiger partial charge >= 0.3 is 17.9 Å². The number of aromatic nitrogens is 8. The molecule has 2 aromatic carbocycles. The van der Waals surface area contributed by atoms with Crippen LogP contribution in [0.1, 0.15) is 129 Å². The number of nitrogens with zero attached hydrogens (tertiary/aromatic N) is 6. The van der Waals surface area contributed by atoms with Crippen LogP contribution in [0.3, 0.4) is 0 Å². The number of fused-ring (bicyclic) bond motifs is 16. The Hall–Kier alpha value is -9.45. The van der Waals surface area contributed by atoms with Gasteiger partial charge in [-0.1, -0.05) is 120 Å². The summed E-state index contributed by atoms with van der Waals surface area (Å²) in [5.74, 6) is 5.39. The minimum atomic E-state index is -0.627. The fraction of sp³-hybridized carbons (Fsp3) is 0.206.